The van der Waals surface area contributed by atoms with Gasteiger partial charge in [0.25, 0.3) is 0 Å². The molecule has 29 heavy (non-hydrogen) atoms. The Morgan fingerprint density at radius 3 is 2.69 bits per heavy atom. The highest BCUT2D eigenvalue weighted by Gasteiger charge is 2.47. The van der Waals surface area contributed by atoms with E-state index in [1.54, 1.807) is 12.1 Å². The fraction of sp³-hybridized carbons (Fsp3) is 0.526. The second kappa shape index (κ2) is 7.76. The number of carbonyl (C=O) groups is 3. The summed E-state index contributed by atoms with van der Waals surface area (Å²) in [6, 6.07) is 4.25. The number of amides is 3. The highest BCUT2D eigenvalue weighted by molar-refractivity contribution is 5.88. The molecule has 4 N–H and O–H groups in total. The molecule has 9 nitrogen and oxygen atoms in total. The molecule has 1 aromatic carbocycles. The predicted molar refractivity (Wildman–Crippen MR) is 102 cm³/mol. The van der Waals surface area contributed by atoms with Crippen molar-refractivity contribution in [2.24, 2.45) is 11.7 Å². The summed E-state index contributed by atoms with van der Waals surface area (Å²) in [7, 11) is 1.29. The van der Waals surface area contributed by atoms with E-state index < -0.39 is 35.4 Å². The molecule has 2 saturated heterocycles. The number of hydrogen-bond acceptors (Lipinski definition) is 6. The normalized spacial score (nSPS) is 25.7. The van der Waals surface area contributed by atoms with E-state index in [-0.39, 0.29) is 18.5 Å². The molecule has 3 rings (SSSR count). The summed E-state index contributed by atoms with van der Waals surface area (Å²) in [5, 5.41) is 5.23. The zero-order chi connectivity index (χ0) is 21.3. The van der Waals surface area contributed by atoms with Crippen LogP contribution in [0.15, 0.2) is 18.2 Å². The standard InChI is InChI=1S/C19H25FN4O5/c1-10-8-24(9-13(10)23-18(27)28-3)14-5-4-11(6-12(14)20)19(2,16(21)25)15-7-22-17(26)29-15/h4-6,10,13,15H,7-9H2,1-3H3,(H2,21,25)(H,22,26)(H,23,27). The van der Waals surface area contributed by atoms with Crippen LogP contribution >= 0.6 is 0 Å². The first-order chi connectivity index (χ1) is 13.7. The molecule has 2 heterocycles. The quantitative estimate of drug-likeness (QED) is 0.664. The van der Waals surface area contributed by atoms with E-state index in [1.165, 1.54) is 20.1 Å². The Hall–Kier alpha value is -3.04. The monoisotopic (exact) mass is 408 g/mol. The molecule has 0 bridgehead atoms. The molecule has 0 aliphatic carbocycles. The van der Waals surface area contributed by atoms with Crippen molar-refractivity contribution in [2.45, 2.75) is 31.4 Å². The van der Waals surface area contributed by atoms with Crippen molar-refractivity contribution in [3.05, 3.63) is 29.6 Å². The number of nitrogens with two attached hydrogens (primary N) is 1. The summed E-state index contributed by atoms with van der Waals surface area (Å²) >= 11 is 0. The zero-order valence-corrected chi connectivity index (χ0v) is 16.5. The average molecular weight is 408 g/mol. The number of alkyl carbamates (subject to hydrolysis) is 2. The molecule has 1 aromatic rings. The van der Waals surface area contributed by atoms with Crippen LogP contribution in [0.1, 0.15) is 19.4 Å². The van der Waals surface area contributed by atoms with Crippen molar-refractivity contribution >= 4 is 23.8 Å². The van der Waals surface area contributed by atoms with E-state index in [9.17, 15) is 14.4 Å². The number of ether oxygens (including phenoxy) is 2. The van der Waals surface area contributed by atoms with Crippen molar-refractivity contribution in [1.82, 2.24) is 10.6 Å². The Balaban J connectivity index is 1.84. The lowest BCUT2D eigenvalue weighted by Gasteiger charge is -2.31. The van der Waals surface area contributed by atoms with Crippen LogP contribution in [-0.2, 0) is 19.7 Å². The van der Waals surface area contributed by atoms with Gasteiger partial charge in [-0.1, -0.05) is 13.0 Å². The number of nitrogens with one attached hydrogen (secondary N) is 2. The molecular formula is C19H25FN4O5. The highest BCUT2D eigenvalue weighted by Crippen LogP contribution is 2.35. The van der Waals surface area contributed by atoms with Gasteiger partial charge in [-0.3, -0.25) is 4.79 Å². The number of cyclic esters (lactones) is 1. The fourth-order valence-corrected chi connectivity index (χ4v) is 3.85. The molecule has 4 atom stereocenters. The first kappa shape index (κ1) is 20.7. The number of methoxy groups -OCH3 is 1. The third-order valence-corrected chi connectivity index (χ3v) is 5.83. The molecule has 4 unspecified atom stereocenters. The van der Waals surface area contributed by atoms with E-state index in [4.69, 9.17) is 10.5 Å². The van der Waals surface area contributed by atoms with Gasteiger partial charge in [0, 0.05) is 13.1 Å². The number of rotatable bonds is 5. The van der Waals surface area contributed by atoms with Gasteiger partial charge in [-0.2, -0.15) is 0 Å². The number of primary amides is 1. The Morgan fingerprint density at radius 2 is 2.14 bits per heavy atom. The Bertz CT molecular complexity index is 835. The summed E-state index contributed by atoms with van der Waals surface area (Å²) in [5.74, 6) is -1.16. The van der Waals surface area contributed by atoms with Crippen LogP contribution in [0.4, 0.5) is 19.7 Å². The van der Waals surface area contributed by atoms with E-state index in [1.807, 2.05) is 11.8 Å². The topological polar surface area (TPSA) is 123 Å². The molecule has 0 spiro atoms. The predicted octanol–water partition coefficient (Wildman–Crippen LogP) is 0.858. The van der Waals surface area contributed by atoms with Gasteiger partial charge >= 0.3 is 12.2 Å². The van der Waals surface area contributed by atoms with Gasteiger partial charge in [-0.15, -0.1) is 0 Å². The minimum Gasteiger partial charge on any atom is -0.453 e. The molecule has 0 saturated carbocycles. The lowest BCUT2D eigenvalue weighted by molar-refractivity contribution is -0.126. The fourth-order valence-electron chi connectivity index (χ4n) is 3.85. The van der Waals surface area contributed by atoms with Crippen molar-refractivity contribution in [3.8, 4) is 0 Å². The summed E-state index contributed by atoms with van der Waals surface area (Å²) < 4.78 is 24.8. The number of hydrogen-bond donors (Lipinski definition) is 3. The summed E-state index contributed by atoms with van der Waals surface area (Å²) in [6.45, 7) is 4.56. The smallest absolute Gasteiger partial charge is 0.407 e. The van der Waals surface area contributed by atoms with Crippen LogP contribution in [0.25, 0.3) is 0 Å². The van der Waals surface area contributed by atoms with Crippen molar-refractivity contribution in [2.75, 3.05) is 31.6 Å². The van der Waals surface area contributed by atoms with Crippen LogP contribution in [0.3, 0.4) is 0 Å². The van der Waals surface area contributed by atoms with E-state index in [0.717, 1.165) is 0 Å². The lowest BCUT2D eigenvalue weighted by Crippen LogP contribution is -2.49. The van der Waals surface area contributed by atoms with Crippen LogP contribution < -0.4 is 21.3 Å². The van der Waals surface area contributed by atoms with Gasteiger partial charge in [0.05, 0.1) is 25.4 Å². The molecule has 158 valence electrons. The van der Waals surface area contributed by atoms with Crippen molar-refractivity contribution < 1.29 is 28.2 Å². The van der Waals surface area contributed by atoms with Crippen LogP contribution in [0.2, 0.25) is 0 Å². The minimum atomic E-state index is -1.38. The Morgan fingerprint density at radius 1 is 1.41 bits per heavy atom. The van der Waals surface area contributed by atoms with E-state index >= 15 is 4.39 Å². The summed E-state index contributed by atoms with van der Waals surface area (Å²) in [6.07, 6.45) is -2.01. The van der Waals surface area contributed by atoms with E-state index in [0.29, 0.717) is 24.3 Å². The van der Waals surface area contributed by atoms with Gasteiger partial charge in [-0.05, 0) is 30.5 Å². The lowest BCUT2D eigenvalue weighted by atomic mass is 9.76. The number of anilines is 1. The molecule has 0 radical (unpaired) electrons. The van der Waals surface area contributed by atoms with Crippen molar-refractivity contribution in [1.29, 1.82) is 0 Å². The van der Waals surface area contributed by atoms with Gasteiger partial charge in [-0.25, -0.2) is 14.0 Å². The Kier molecular flexibility index (Phi) is 5.54. The average Bonchev–Trinajstić information content (AvgIpc) is 3.26. The van der Waals surface area contributed by atoms with Crippen molar-refractivity contribution in [3.63, 3.8) is 0 Å². The first-order valence-electron chi connectivity index (χ1n) is 9.30. The highest BCUT2D eigenvalue weighted by atomic mass is 19.1. The molecule has 10 heteroatoms. The molecule has 0 aromatic heterocycles. The maximum absolute atomic E-state index is 15.0. The maximum atomic E-state index is 15.0. The molecule has 2 aliphatic rings. The zero-order valence-electron chi connectivity index (χ0n) is 16.5. The second-order valence-corrected chi connectivity index (χ2v) is 7.63. The molecule has 3 amide bonds. The third kappa shape index (κ3) is 3.79. The Labute approximate surface area is 167 Å². The second-order valence-electron chi connectivity index (χ2n) is 7.63. The van der Waals surface area contributed by atoms with Gasteiger partial charge in [0.15, 0.2) is 0 Å². The first-order valence-corrected chi connectivity index (χ1v) is 9.30. The minimum absolute atomic E-state index is 0.0908. The molecule has 2 fully saturated rings. The summed E-state index contributed by atoms with van der Waals surface area (Å²) in [4.78, 5) is 36.9. The SMILES string of the molecule is COC(=O)NC1CN(c2ccc(C(C)(C(N)=O)C3CNC(=O)O3)cc2F)CC1C. The van der Waals surface area contributed by atoms with Gasteiger partial charge in [0.2, 0.25) is 5.91 Å². The number of halogens is 1. The number of benzene rings is 1. The number of carbonyl (C=O) groups excluding carboxylic acids is 3. The largest absolute Gasteiger partial charge is 0.453 e. The summed E-state index contributed by atoms with van der Waals surface area (Å²) in [5.41, 5.74) is 4.88. The maximum Gasteiger partial charge on any atom is 0.407 e. The van der Waals surface area contributed by atoms with Gasteiger partial charge < -0.3 is 30.7 Å². The molecular weight excluding hydrogens is 383 g/mol. The van der Waals surface area contributed by atoms with E-state index in [2.05, 4.69) is 15.4 Å². The van der Waals surface area contributed by atoms with Gasteiger partial charge in [0.1, 0.15) is 17.3 Å². The molecule has 2 aliphatic heterocycles. The third-order valence-electron chi connectivity index (χ3n) is 5.83. The van der Waals surface area contributed by atoms with Crippen LogP contribution in [0.5, 0.6) is 0 Å². The number of nitrogens with zero attached hydrogens (tertiary/aromatic N) is 1. The van der Waals surface area contributed by atoms with Crippen LogP contribution in [0, 0.1) is 11.7 Å². The van der Waals surface area contributed by atoms with Crippen LogP contribution in [-0.4, -0.2) is 57.0 Å².